The molecular formula is C15H20ClNO3. The Morgan fingerprint density at radius 2 is 2.25 bits per heavy atom. The van der Waals surface area contributed by atoms with Crippen molar-refractivity contribution in [2.45, 2.75) is 32.1 Å². The second-order valence-electron chi connectivity index (χ2n) is 5.18. The van der Waals surface area contributed by atoms with Gasteiger partial charge in [0, 0.05) is 11.4 Å². The van der Waals surface area contributed by atoms with Crippen LogP contribution in [0.15, 0.2) is 12.1 Å². The number of benzene rings is 1. The SMILES string of the molecule is NCCCCC(Cc1cc(Cl)cc2c1OCC2)C(=O)O. The number of carboxylic acid groups (broad SMARTS) is 1. The molecule has 1 unspecified atom stereocenters. The van der Waals surface area contributed by atoms with Crippen molar-refractivity contribution in [3.05, 3.63) is 28.3 Å². The van der Waals surface area contributed by atoms with Crippen molar-refractivity contribution in [1.29, 1.82) is 0 Å². The van der Waals surface area contributed by atoms with Crippen LogP contribution in [0.3, 0.4) is 0 Å². The van der Waals surface area contributed by atoms with E-state index in [1.165, 1.54) is 0 Å². The van der Waals surface area contributed by atoms with Crippen LogP contribution in [0.25, 0.3) is 0 Å². The van der Waals surface area contributed by atoms with Gasteiger partial charge in [-0.1, -0.05) is 18.0 Å². The summed E-state index contributed by atoms with van der Waals surface area (Å²) in [4.78, 5) is 11.4. The van der Waals surface area contributed by atoms with Gasteiger partial charge < -0.3 is 15.6 Å². The summed E-state index contributed by atoms with van der Waals surface area (Å²) in [6.07, 6.45) is 3.62. The zero-order valence-corrected chi connectivity index (χ0v) is 12.2. The molecule has 0 aliphatic carbocycles. The van der Waals surface area contributed by atoms with Gasteiger partial charge in [-0.25, -0.2) is 0 Å². The van der Waals surface area contributed by atoms with Crippen LogP contribution in [0.5, 0.6) is 5.75 Å². The van der Waals surface area contributed by atoms with Crippen LogP contribution in [-0.4, -0.2) is 24.2 Å². The van der Waals surface area contributed by atoms with Crippen LogP contribution in [0.2, 0.25) is 5.02 Å². The first-order chi connectivity index (χ1) is 9.61. The number of hydrogen-bond donors (Lipinski definition) is 2. The number of halogens is 1. The van der Waals surface area contributed by atoms with E-state index in [1.54, 1.807) is 0 Å². The molecule has 20 heavy (non-hydrogen) atoms. The third-order valence-corrected chi connectivity index (χ3v) is 3.87. The van der Waals surface area contributed by atoms with E-state index in [-0.39, 0.29) is 0 Å². The Morgan fingerprint density at radius 3 is 2.95 bits per heavy atom. The van der Waals surface area contributed by atoms with E-state index in [2.05, 4.69) is 0 Å². The second kappa shape index (κ2) is 6.95. The molecule has 0 saturated carbocycles. The number of aliphatic carboxylic acids is 1. The Balaban J connectivity index is 2.12. The minimum Gasteiger partial charge on any atom is -0.493 e. The summed E-state index contributed by atoms with van der Waals surface area (Å²) in [7, 11) is 0. The number of rotatable bonds is 7. The quantitative estimate of drug-likeness (QED) is 0.759. The zero-order chi connectivity index (χ0) is 14.5. The summed E-state index contributed by atoms with van der Waals surface area (Å²) in [5.74, 6) is -0.346. The monoisotopic (exact) mass is 297 g/mol. The van der Waals surface area contributed by atoms with E-state index in [0.717, 1.165) is 36.1 Å². The number of hydrogen-bond acceptors (Lipinski definition) is 3. The normalized spacial score (nSPS) is 14.7. The van der Waals surface area contributed by atoms with Crippen LogP contribution in [0, 0.1) is 5.92 Å². The van der Waals surface area contributed by atoms with E-state index in [9.17, 15) is 9.90 Å². The predicted octanol–water partition coefficient (Wildman–Crippen LogP) is 2.65. The maximum absolute atomic E-state index is 11.4. The molecule has 0 fully saturated rings. The molecule has 0 aromatic heterocycles. The Labute approximate surface area is 123 Å². The molecule has 5 heteroatoms. The molecule has 1 heterocycles. The summed E-state index contributed by atoms with van der Waals surface area (Å²) in [5, 5.41) is 10.00. The van der Waals surface area contributed by atoms with E-state index in [0.29, 0.717) is 31.0 Å². The lowest BCUT2D eigenvalue weighted by molar-refractivity contribution is -0.142. The van der Waals surface area contributed by atoms with Gasteiger partial charge in [-0.2, -0.15) is 0 Å². The van der Waals surface area contributed by atoms with Crippen LogP contribution >= 0.6 is 11.6 Å². The average Bonchev–Trinajstić information content (AvgIpc) is 2.85. The minimum atomic E-state index is -0.770. The predicted molar refractivity (Wildman–Crippen MR) is 78.4 cm³/mol. The summed E-state index contributed by atoms with van der Waals surface area (Å²) in [5.41, 5.74) is 7.44. The summed E-state index contributed by atoms with van der Waals surface area (Å²) < 4.78 is 5.62. The highest BCUT2D eigenvalue weighted by Crippen LogP contribution is 2.34. The lowest BCUT2D eigenvalue weighted by atomic mass is 9.92. The summed E-state index contributed by atoms with van der Waals surface area (Å²) in [6.45, 7) is 1.25. The number of carboxylic acids is 1. The maximum atomic E-state index is 11.4. The fourth-order valence-electron chi connectivity index (χ4n) is 2.61. The molecule has 1 aromatic rings. The van der Waals surface area contributed by atoms with Crippen molar-refractivity contribution in [3.63, 3.8) is 0 Å². The van der Waals surface area contributed by atoms with Gasteiger partial charge >= 0.3 is 5.97 Å². The molecule has 1 aliphatic heterocycles. The first-order valence-corrected chi connectivity index (χ1v) is 7.36. The summed E-state index contributed by atoms with van der Waals surface area (Å²) >= 11 is 6.10. The molecule has 3 N–H and O–H groups in total. The number of unbranched alkanes of at least 4 members (excludes halogenated alkanes) is 1. The molecule has 1 aromatic carbocycles. The number of carbonyl (C=O) groups is 1. The van der Waals surface area contributed by atoms with Gasteiger partial charge in [0.2, 0.25) is 0 Å². The van der Waals surface area contributed by atoms with Gasteiger partial charge in [0.05, 0.1) is 12.5 Å². The molecule has 2 rings (SSSR count). The first-order valence-electron chi connectivity index (χ1n) is 6.98. The zero-order valence-electron chi connectivity index (χ0n) is 11.4. The van der Waals surface area contributed by atoms with Gasteiger partial charge in [-0.3, -0.25) is 4.79 Å². The number of fused-ring (bicyclic) bond motifs is 1. The van der Waals surface area contributed by atoms with Gasteiger partial charge in [-0.15, -0.1) is 0 Å². The van der Waals surface area contributed by atoms with Crippen molar-refractivity contribution in [2.24, 2.45) is 11.7 Å². The van der Waals surface area contributed by atoms with Gasteiger partial charge in [0.1, 0.15) is 5.75 Å². The molecule has 0 amide bonds. The number of ether oxygens (including phenoxy) is 1. The van der Waals surface area contributed by atoms with E-state index < -0.39 is 11.9 Å². The molecule has 0 bridgehead atoms. The Hall–Kier alpha value is -1.26. The standard InChI is InChI=1S/C15H20ClNO3/c16-13-8-10-4-6-20-14(10)12(9-13)7-11(15(18)19)3-1-2-5-17/h8-9,11H,1-7,17H2,(H,18,19). The van der Waals surface area contributed by atoms with Gasteiger partial charge in [0.25, 0.3) is 0 Å². The van der Waals surface area contributed by atoms with Crippen molar-refractivity contribution in [3.8, 4) is 5.75 Å². The lowest BCUT2D eigenvalue weighted by Gasteiger charge is -2.15. The molecule has 0 radical (unpaired) electrons. The van der Waals surface area contributed by atoms with E-state index in [1.807, 2.05) is 12.1 Å². The van der Waals surface area contributed by atoms with Crippen molar-refractivity contribution in [1.82, 2.24) is 0 Å². The van der Waals surface area contributed by atoms with Crippen molar-refractivity contribution in [2.75, 3.05) is 13.2 Å². The maximum Gasteiger partial charge on any atom is 0.306 e. The highest BCUT2D eigenvalue weighted by molar-refractivity contribution is 6.30. The first kappa shape index (κ1) is 15.1. The number of nitrogens with two attached hydrogens (primary N) is 1. The highest BCUT2D eigenvalue weighted by Gasteiger charge is 2.23. The topological polar surface area (TPSA) is 72.5 Å². The molecule has 0 spiro atoms. The summed E-state index contributed by atoms with van der Waals surface area (Å²) in [6, 6.07) is 3.72. The molecule has 1 aliphatic rings. The van der Waals surface area contributed by atoms with Crippen LogP contribution in [0.1, 0.15) is 30.4 Å². The smallest absolute Gasteiger partial charge is 0.306 e. The Bertz CT molecular complexity index is 490. The Kier molecular flexibility index (Phi) is 5.26. The van der Waals surface area contributed by atoms with Crippen LogP contribution < -0.4 is 10.5 Å². The largest absolute Gasteiger partial charge is 0.493 e. The van der Waals surface area contributed by atoms with Gasteiger partial charge in [-0.05, 0) is 49.1 Å². The van der Waals surface area contributed by atoms with Crippen molar-refractivity contribution < 1.29 is 14.6 Å². The molecule has 0 saturated heterocycles. The highest BCUT2D eigenvalue weighted by atomic mass is 35.5. The fourth-order valence-corrected chi connectivity index (χ4v) is 2.87. The average molecular weight is 298 g/mol. The molecular weight excluding hydrogens is 278 g/mol. The Morgan fingerprint density at radius 1 is 1.45 bits per heavy atom. The third kappa shape index (κ3) is 3.64. The van der Waals surface area contributed by atoms with Crippen LogP contribution in [-0.2, 0) is 17.6 Å². The molecule has 110 valence electrons. The minimum absolute atomic E-state index is 0.409. The van der Waals surface area contributed by atoms with Crippen molar-refractivity contribution >= 4 is 17.6 Å². The van der Waals surface area contributed by atoms with Crippen LogP contribution in [0.4, 0.5) is 0 Å². The third-order valence-electron chi connectivity index (χ3n) is 3.65. The fraction of sp³-hybridized carbons (Fsp3) is 0.533. The molecule has 4 nitrogen and oxygen atoms in total. The van der Waals surface area contributed by atoms with E-state index in [4.69, 9.17) is 22.1 Å². The lowest BCUT2D eigenvalue weighted by Crippen LogP contribution is -2.17. The van der Waals surface area contributed by atoms with Gasteiger partial charge in [0.15, 0.2) is 0 Å². The molecule has 1 atom stereocenters. The second-order valence-corrected chi connectivity index (χ2v) is 5.61. The van der Waals surface area contributed by atoms with E-state index >= 15 is 0 Å².